The fourth-order valence-electron chi connectivity index (χ4n) is 0.0645. The van der Waals surface area contributed by atoms with Gasteiger partial charge in [0.1, 0.15) is 0 Å². The summed E-state index contributed by atoms with van der Waals surface area (Å²) in [6.45, 7) is 5.21. The number of ether oxygens (including phenoxy) is 1. The summed E-state index contributed by atoms with van der Waals surface area (Å²) in [5, 5.41) is 15.2. The first kappa shape index (κ1) is 11.3. The molecule has 0 aromatic carbocycles. The number of carbonyl (C=O) groups is 1. The van der Waals surface area contributed by atoms with Gasteiger partial charge in [-0.3, -0.25) is 0 Å². The van der Waals surface area contributed by atoms with Gasteiger partial charge in [-0.1, -0.05) is 6.58 Å². The van der Waals surface area contributed by atoms with Gasteiger partial charge in [-0.05, 0) is 6.92 Å². The van der Waals surface area contributed by atoms with Crippen LogP contribution in [0.4, 0.5) is 0 Å². The van der Waals surface area contributed by atoms with E-state index in [1.54, 1.807) is 6.92 Å². The molecule has 0 saturated carbocycles. The molecule has 0 spiro atoms. The first-order valence-electron chi connectivity index (χ1n) is 2.55. The van der Waals surface area contributed by atoms with Crippen LogP contribution in [0.25, 0.3) is 0 Å². The molecule has 0 radical (unpaired) electrons. The van der Waals surface area contributed by atoms with Gasteiger partial charge in [0.2, 0.25) is 0 Å². The van der Waals surface area contributed by atoms with Crippen molar-refractivity contribution in [2.24, 2.45) is 0 Å². The van der Waals surface area contributed by atoms with Crippen molar-refractivity contribution >= 4 is 5.97 Å². The van der Waals surface area contributed by atoms with Crippen LogP contribution in [-0.4, -0.2) is 17.7 Å². The van der Waals surface area contributed by atoms with Crippen molar-refractivity contribution in [3.63, 3.8) is 0 Å². The highest BCUT2D eigenvalue weighted by Gasteiger charge is 1.73. The Labute approximate surface area is 59.3 Å². The van der Waals surface area contributed by atoms with Crippen molar-refractivity contribution < 1.29 is 14.6 Å². The van der Waals surface area contributed by atoms with Crippen molar-refractivity contribution in [1.82, 2.24) is 0 Å². The van der Waals surface area contributed by atoms with Crippen molar-refractivity contribution in [2.45, 2.75) is 6.92 Å². The highest BCUT2D eigenvalue weighted by Crippen LogP contribution is 1.58. The van der Waals surface area contributed by atoms with Crippen LogP contribution >= 0.6 is 0 Å². The normalized spacial score (nSPS) is 6.00. The van der Waals surface area contributed by atoms with E-state index >= 15 is 0 Å². The zero-order valence-corrected chi connectivity index (χ0v) is 5.70. The largest absolute Gasteiger partial charge is 0.478 e. The Bertz CT molecular complexity index is 136. The van der Waals surface area contributed by atoms with Crippen molar-refractivity contribution in [1.29, 1.82) is 5.26 Å². The van der Waals surface area contributed by atoms with E-state index in [0.717, 1.165) is 6.08 Å². The second kappa shape index (κ2) is 10.5. The smallest absolute Gasteiger partial charge is 0.327 e. The summed E-state index contributed by atoms with van der Waals surface area (Å²) in [6, 6.07) is 0. The van der Waals surface area contributed by atoms with E-state index in [-0.39, 0.29) is 0 Å². The summed E-state index contributed by atoms with van der Waals surface area (Å²) in [7, 11) is 0. The van der Waals surface area contributed by atoms with Gasteiger partial charge >= 0.3 is 5.97 Å². The van der Waals surface area contributed by atoms with E-state index in [0.29, 0.717) is 6.61 Å². The molecule has 0 aliphatic heterocycles. The molecule has 0 atom stereocenters. The van der Waals surface area contributed by atoms with E-state index in [4.69, 9.17) is 10.4 Å². The minimum Gasteiger partial charge on any atom is -0.478 e. The molecule has 0 unspecified atom stereocenters. The molecule has 0 amide bonds. The molecule has 0 aromatic heterocycles. The third-order valence-corrected chi connectivity index (χ3v) is 0.384. The van der Waals surface area contributed by atoms with Gasteiger partial charge in [-0.25, -0.2) is 4.79 Å². The summed E-state index contributed by atoms with van der Waals surface area (Å²) in [5.74, 6) is -0.981. The molecule has 10 heavy (non-hydrogen) atoms. The number of hydrogen-bond donors (Lipinski definition) is 1. The molecule has 0 saturated heterocycles. The van der Waals surface area contributed by atoms with Gasteiger partial charge in [0.15, 0.2) is 0 Å². The number of carboxylic acid groups (broad SMARTS) is 1. The molecule has 0 bridgehead atoms. The average Bonchev–Trinajstić information content (AvgIpc) is 1.91. The Balaban J connectivity index is 0. The second-order valence-corrected chi connectivity index (χ2v) is 1.07. The molecular formula is C6H9NO3. The topological polar surface area (TPSA) is 70.3 Å². The molecule has 0 aromatic rings. The predicted octanol–water partition coefficient (Wildman–Crippen LogP) is 0.761. The van der Waals surface area contributed by atoms with E-state index in [9.17, 15) is 4.79 Å². The van der Waals surface area contributed by atoms with Gasteiger partial charge in [-0.15, -0.1) is 0 Å². The van der Waals surface area contributed by atoms with Gasteiger partial charge < -0.3 is 9.84 Å². The molecule has 0 aliphatic rings. The highest BCUT2D eigenvalue weighted by molar-refractivity contribution is 5.78. The van der Waals surface area contributed by atoms with Crippen LogP contribution in [-0.2, 0) is 9.53 Å². The Hall–Kier alpha value is -1.50. The molecule has 0 heterocycles. The first-order valence-corrected chi connectivity index (χ1v) is 2.55. The number of nitriles is 1. The molecule has 56 valence electrons. The Morgan fingerprint density at radius 3 is 2.40 bits per heavy atom. The number of aliphatic carboxylic acids is 1. The molecule has 4 heteroatoms. The van der Waals surface area contributed by atoms with Crippen LogP contribution < -0.4 is 0 Å². The van der Waals surface area contributed by atoms with Crippen molar-refractivity contribution in [2.75, 3.05) is 6.61 Å². The minimum absolute atomic E-state index is 0.483. The van der Waals surface area contributed by atoms with Gasteiger partial charge in [0.05, 0.1) is 6.61 Å². The Kier molecular flexibility index (Phi) is 11.9. The SMILES string of the molecule is C=CC(=O)O.CCOC#N. The standard InChI is InChI=1S/C3H5NO.C3H4O2/c1-2-5-3-4;1-2-3(4)5/h2H2,1H3;2H,1H2,(H,4,5). The van der Waals surface area contributed by atoms with Gasteiger partial charge in [0, 0.05) is 6.08 Å². The highest BCUT2D eigenvalue weighted by atomic mass is 16.5. The monoisotopic (exact) mass is 143 g/mol. The van der Waals surface area contributed by atoms with Crippen LogP contribution in [0.2, 0.25) is 0 Å². The van der Waals surface area contributed by atoms with E-state index < -0.39 is 5.97 Å². The van der Waals surface area contributed by atoms with E-state index in [1.165, 1.54) is 6.26 Å². The maximum atomic E-state index is 9.25. The van der Waals surface area contributed by atoms with Crippen LogP contribution in [0.5, 0.6) is 0 Å². The summed E-state index contributed by atoms with van der Waals surface area (Å²) >= 11 is 0. The average molecular weight is 143 g/mol. The van der Waals surface area contributed by atoms with E-state index in [1.807, 2.05) is 0 Å². The van der Waals surface area contributed by atoms with Crippen molar-refractivity contribution in [3.8, 4) is 6.26 Å². The summed E-state index contributed by atoms with van der Waals surface area (Å²) in [6.07, 6.45) is 2.35. The third kappa shape index (κ3) is 31.5. The van der Waals surface area contributed by atoms with Crippen LogP contribution in [0.1, 0.15) is 6.92 Å². The molecule has 0 rings (SSSR count). The van der Waals surface area contributed by atoms with Crippen LogP contribution in [0.15, 0.2) is 12.7 Å². The predicted molar refractivity (Wildman–Crippen MR) is 35.1 cm³/mol. The number of carboxylic acids is 1. The van der Waals surface area contributed by atoms with Crippen LogP contribution in [0, 0.1) is 11.5 Å². The lowest BCUT2D eigenvalue weighted by molar-refractivity contribution is -0.131. The Morgan fingerprint density at radius 2 is 2.40 bits per heavy atom. The lowest BCUT2D eigenvalue weighted by Gasteiger charge is -1.76. The van der Waals surface area contributed by atoms with Crippen LogP contribution in [0.3, 0.4) is 0 Å². The lowest BCUT2D eigenvalue weighted by Crippen LogP contribution is -1.82. The Morgan fingerprint density at radius 1 is 2.00 bits per heavy atom. The number of hydrogen-bond acceptors (Lipinski definition) is 3. The molecule has 0 fully saturated rings. The fourth-order valence-corrected chi connectivity index (χ4v) is 0.0645. The summed E-state index contributed by atoms with van der Waals surface area (Å²) in [5.41, 5.74) is 0. The zero-order valence-electron chi connectivity index (χ0n) is 5.70. The number of rotatable bonds is 2. The van der Waals surface area contributed by atoms with Crippen molar-refractivity contribution in [3.05, 3.63) is 12.7 Å². The maximum Gasteiger partial charge on any atom is 0.327 e. The second-order valence-electron chi connectivity index (χ2n) is 1.07. The summed E-state index contributed by atoms with van der Waals surface area (Å²) in [4.78, 5) is 9.25. The molecular weight excluding hydrogens is 134 g/mol. The van der Waals surface area contributed by atoms with Gasteiger partial charge in [0.25, 0.3) is 6.26 Å². The molecule has 1 N–H and O–H groups in total. The maximum absolute atomic E-state index is 9.25. The molecule has 0 aliphatic carbocycles. The zero-order chi connectivity index (χ0) is 8.41. The van der Waals surface area contributed by atoms with E-state index in [2.05, 4.69) is 11.3 Å². The fraction of sp³-hybridized carbons (Fsp3) is 0.333. The first-order chi connectivity index (χ1) is 4.68. The van der Waals surface area contributed by atoms with Gasteiger partial charge in [-0.2, -0.15) is 5.26 Å². The summed E-state index contributed by atoms with van der Waals surface area (Å²) < 4.78 is 4.14. The minimum atomic E-state index is -0.981. The lowest BCUT2D eigenvalue weighted by atomic mass is 10.7. The molecule has 4 nitrogen and oxygen atoms in total. The number of nitrogens with zero attached hydrogens (tertiary/aromatic N) is 1. The quantitative estimate of drug-likeness (QED) is 0.457. The third-order valence-electron chi connectivity index (χ3n) is 0.384.